The molecule has 1 aromatic carbocycles. The zero-order chi connectivity index (χ0) is 18.1. The summed E-state index contributed by atoms with van der Waals surface area (Å²) in [5.74, 6) is -1.47. The van der Waals surface area contributed by atoms with Crippen LogP contribution in [-0.4, -0.2) is 26.3 Å². The molecule has 2 atom stereocenters. The van der Waals surface area contributed by atoms with E-state index in [0.717, 1.165) is 11.4 Å². The van der Waals surface area contributed by atoms with Gasteiger partial charge in [0.05, 0.1) is 23.5 Å². The summed E-state index contributed by atoms with van der Waals surface area (Å²) in [6.45, 7) is 0.0508. The van der Waals surface area contributed by atoms with E-state index in [1.54, 1.807) is 42.7 Å². The van der Waals surface area contributed by atoms with Gasteiger partial charge in [0.15, 0.2) is 0 Å². The molecule has 2 heterocycles. The number of hydrogen-bond donors (Lipinski definition) is 2. The molecule has 4 rings (SSSR count). The van der Waals surface area contributed by atoms with Crippen molar-refractivity contribution in [2.45, 2.75) is 18.9 Å². The Balaban J connectivity index is 1.44. The van der Waals surface area contributed by atoms with E-state index in [1.165, 1.54) is 0 Å². The molecule has 0 aliphatic heterocycles. The van der Waals surface area contributed by atoms with Gasteiger partial charge in [-0.1, -0.05) is 18.2 Å². The van der Waals surface area contributed by atoms with Gasteiger partial charge in [-0.15, -0.1) is 0 Å². The molecule has 0 radical (unpaired) electrons. The molecule has 3 aromatic rings. The number of benzene rings is 1. The first-order valence-corrected chi connectivity index (χ1v) is 8.22. The van der Waals surface area contributed by atoms with Crippen molar-refractivity contribution in [3.05, 3.63) is 65.7 Å². The van der Waals surface area contributed by atoms with E-state index < -0.39 is 11.9 Å². The Morgan fingerprint density at radius 1 is 1.31 bits per heavy atom. The Bertz CT molecular complexity index is 926. The SMILES string of the molecule is O=C(O)C1CC1c1cccc(COc2ccc(-c3ccn[nH]3)nc2)c1F. The largest absolute Gasteiger partial charge is 0.487 e. The molecular weight excluding hydrogens is 337 g/mol. The van der Waals surface area contributed by atoms with Crippen molar-refractivity contribution < 1.29 is 19.0 Å². The second-order valence-corrected chi connectivity index (χ2v) is 6.25. The summed E-state index contributed by atoms with van der Waals surface area (Å²) in [6, 6.07) is 10.4. The molecule has 2 unspecified atom stereocenters. The number of carboxylic acid groups (broad SMARTS) is 1. The summed E-state index contributed by atoms with van der Waals surface area (Å²) in [6.07, 6.45) is 3.70. The number of pyridine rings is 1. The smallest absolute Gasteiger partial charge is 0.307 e. The molecule has 2 N–H and O–H groups in total. The first-order valence-electron chi connectivity index (χ1n) is 8.22. The van der Waals surface area contributed by atoms with E-state index in [0.29, 0.717) is 23.3 Å². The van der Waals surface area contributed by atoms with Gasteiger partial charge in [0, 0.05) is 17.7 Å². The first-order chi connectivity index (χ1) is 12.6. The van der Waals surface area contributed by atoms with E-state index in [4.69, 9.17) is 9.84 Å². The van der Waals surface area contributed by atoms with Crippen molar-refractivity contribution in [2.24, 2.45) is 5.92 Å². The average Bonchev–Trinajstić information content (AvgIpc) is 3.26. The van der Waals surface area contributed by atoms with Gasteiger partial charge in [-0.25, -0.2) is 4.39 Å². The van der Waals surface area contributed by atoms with Gasteiger partial charge in [0.2, 0.25) is 0 Å². The van der Waals surface area contributed by atoms with Gasteiger partial charge in [0.1, 0.15) is 18.2 Å². The minimum atomic E-state index is -0.875. The second kappa shape index (κ2) is 6.59. The number of rotatable bonds is 6. The molecule has 0 spiro atoms. The third-order valence-corrected chi connectivity index (χ3v) is 4.52. The van der Waals surface area contributed by atoms with Crippen LogP contribution in [0.4, 0.5) is 4.39 Å². The summed E-state index contributed by atoms with van der Waals surface area (Å²) >= 11 is 0. The highest BCUT2D eigenvalue weighted by Gasteiger charge is 2.45. The number of nitrogens with one attached hydrogen (secondary N) is 1. The Morgan fingerprint density at radius 2 is 2.19 bits per heavy atom. The number of nitrogens with zero attached hydrogens (tertiary/aromatic N) is 2. The van der Waals surface area contributed by atoms with Gasteiger partial charge in [-0.05, 0) is 30.2 Å². The maximum Gasteiger partial charge on any atom is 0.307 e. The second-order valence-electron chi connectivity index (χ2n) is 6.25. The fraction of sp³-hybridized carbons (Fsp3) is 0.211. The van der Waals surface area contributed by atoms with Crippen molar-refractivity contribution in [1.82, 2.24) is 15.2 Å². The topological polar surface area (TPSA) is 88.1 Å². The molecule has 1 fully saturated rings. The van der Waals surface area contributed by atoms with E-state index in [1.807, 2.05) is 6.07 Å². The Labute approximate surface area is 148 Å². The molecule has 1 aliphatic carbocycles. The lowest BCUT2D eigenvalue weighted by Gasteiger charge is -2.10. The molecule has 0 saturated heterocycles. The van der Waals surface area contributed by atoms with Crippen LogP contribution in [0.15, 0.2) is 48.8 Å². The quantitative estimate of drug-likeness (QED) is 0.709. The summed E-state index contributed by atoms with van der Waals surface area (Å²) in [5, 5.41) is 15.7. The molecule has 26 heavy (non-hydrogen) atoms. The maximum absolute atomic E-state index is 14.7. The lowest BCUT2D eigenvalue weighted by Crippen LogP contribution is -2.04. The summed E-state index contributed by atoms with van der Waals surface area (Å²) < 4.78 is 20.3. The average molecular weight is 353 g/mol. The van der Waals surface area contributed by atoms with Gasteiger partial charge in [0.25, 0.3) is 0 Å². The highest BCUT2D eigenvalue weighted by atomic mass is 19.1. The van der Waals surface area contributed by atoms with Crippen LogP contribution in [-0.2, 0) is 11.4 Å². The summed E-state index contributed by atoms with van der Waals surface area (Å²) in [7, 11) is 0. The van der Waals surface area contributed by atoms with Crippen LogP contribution in [0.1, 0.15) is 23.5 Å². The van der Waals surface area contributed by atoms with Crippen LogP contribution >= 0.6 is 0 Å². The Morgan fingerprint density at radius 3 is 2.85 bits per heavy atom. The molecule has 0 bridgehead atoms. The van der Waals surface area contributed by atoms with E-state index in [9.17, 15) is 9.18 Å². The highest BCUT2D eigenvalue weighted by Crippen LogP contribution is 2.48. The summed E-state index contributed by atoms with van der Waals surface area (Å²) in [5.41, 5.74) is 2.38. The number of carbonyl (C=O) groups is 1. The molecular formula is C19H16FN3O3. The van der Waals surface area contributed by atoms with E-state index in [2.05, 4.69) is 15.2 Å². The zero-order valence-corrected chi connectivity index (χ0v) is 13.7. The lowest BCUT2D eigenvalue weighted by molar-refractivity contribution is -0.138. The minimum absolute atomic E-state index is 0.0508. The van der Waals surface area contributed by atoms with Crippen molar-refractivity contribution >= 4 is 5.97 Å². The molecule has 1 saturated carbocycles. The number of aliphatic carboxylic acids is 1. The predicted molar refractivity (Wildman–Crippen MR) is 91.0 cm³/mol. The first kappa shape index (κ1) is 16.3. The van der Waals surface area contributed by atoms with Crippen LogP contribution in [0.25, 0.3) is 11.4 Å². The monoisotopic (exact) mass is 353 g/mol. The standard InChI is InChI=1S/C19H16FN3O3/c20-18-11(2-1-3-13(18)14-8-15(14)19(24)25)10-26-12-4-5-16(21-9-12)17-6-7-22-23-17/h1-7,9,14-15H,8,10H2,(H,22,23)(H,24,25). The van der Waals surface area contributed by atoms with Crippen molar-refractivity contribution in [3.8, 4) is 17.1 Å². The van der Waals surface area contributed by atoms with E-state index >= 15 is 0 Å². The lowest BCUT2D eigenvalue weighted by atomic mass is 10.0. The van der Waals surface area contributed by atoms with E-state index in [-0.39, 0.29) is 18.3 Å². The number of H-pyrrole nitrogens is 1. The maximum atomic E-state index is 14.7. The van der Waals surface area contributed by atoms with Crippen LogP contribution < -0.4 is 4.74 Å². The van der Waals surface area contributed by atoms with Crippen molar-refractivity contribution in [2.75, 3.05) is 0 Å². The number of aromatic amines is 1. The third kappa shape index (κ3) is 3.15. The molecule has 6 nitrogen and oxygen atoms in total. The Kier molecular flexibility index (Phi) is 4.12. The number of hydrogen-bond acceptors (Lipinski definition) is 4. The van der Waals surface area contributed by atoms with Crippen molar-refractivity contribution in [3.63, 3.8) is 0 Å². The zero-order valence-electron chi connectivity index (χ0n) is 13.7. The third-order valence-electron chi connectivity index (χ3n) is 4.52. The molecule has 2 aromatic heterocycles. The minimum Gasteiger partial charge on any atom is -0.487 e. The Hall–Kier alpha value is -3.22. The highest BCUT2D eigenvalue weighted by molar-refractivity contribution is 5.75. The molecule has 0 amide bonds. The predicted octanol–water partition coefficient (Wildman–Crippen LogP) is 3.38. The van der Waals surface area contributed by atoms with Crippen molar-refractivity contribution in [1.29, 1.82) is 0 Å². The van der Waals surface area contributed by atoms with Crippen LogP contribution in [0.5, 0.6) is 5.75 Å². The summed E-state index contributed by atoms with van der Waals surface area (Å²) in [4.78, 5) is 15.3. The van der Waals surface area contributed by atoms with Gasteiger partial charge in [-0.2, -0.15) is 5.10 Å². The molecule has 7 heteroatoms. The normalized spacial score (nSPS) is 18.5. The van der Waals surface area contributed by atoms with Crippen LogP contribution in [0.3, 0.4) is 0 Å². The van der Waals surface area contributed by atoms with Crippen LogP contribution in [0, 0.1) is 11.7 Å². The fourth-order valence-corrected chi connectivity index (χ4v) is 2.99. The van der Waals surface area contributed by atoms with Crippen LogP contribution in [0.2, 0.25) is 0 Å². The molecule has 1 aliphatic rings. The number of ether oxygens (including phenoxy) is 1. The number of carboxylic acids is 1. The number of halogens is 1. The van der Waals surface area contributed by atoms with Gasteiger partial charge < -0.3 is 9.84 Å². The fourth-order valence-electron chi connectivity index (χ4n) is 2.99. The number of aromatic nitrogens is 3. The molecule has 132 valence electrons. The van der Waals surface area contributed by atoms with Gasteiger partial charge >= 0.3 is 5.97 Å². The van der Waals surface area contributed by atoms with Gasteiger partial charge in [-0.3, -0.25) is 14.9 Å².